The summed E-state index contributed by atoms with van der Waals surface area (Å²) in [4.78, 5) is 23.2. The van der Waals surface area contributed by atoms with Crippen molar-refractivity contribution in [3.63, 3.8) is 0 Å². The summed E-state index contributed by atoms with van der Waals surface area (Å²) in [5.74, 6) is -0.659. The molecule has 4 nitrogen and oxygen atoms in total. The van der Waals surface area contributed by atoms with Gasteiger partial charge in [-0.05, 0) is 42.0 Å². The van der Waals surface area contributed by atoms with Crippen LogP contribution >= 0.6 is 15.9 Å². The smallest absolute Gasteiger partial charge is 0.337 e. The van der Waals surface area contributed by atoms with Gasteiger partial charge in [0.2, 0.25) is 5.91 Å². The summed E-state index contributed by atoms with van der Waals surface area (Å²) in [5, 5.41) is 2.72. The van der Waals surface area contributed by atoms with Crippen LogP contribution in [0.15, 0.2) is 59.1 Å². The van der Waals surface area contributed by atoms with Gasteiger partial charge in [0, 0.05) is 16.2 Å². The second kappa shape index (κ2) is 7.56. The zero-order valence-corrected chi connectivity index (χ0v) is 13.5. The van der Waals surface area contributed by atoms with E-state index in [1.54, 1.807) is 30.3 Å². The molecule has 112 valence electrons. The fraction of sp³-hybridized carbons (Fsp3) is 0.0588. The van der Waals surface area contributed by atoms with Crippen LogP contribution in [0.2, 0.25) is 0 Å². The van der Waals surface area contributed by atoms with E-state index in [1.165, 1.54) is 13.2 Å². The molecular formula is C17H14BrNO3. The van der Waals surface area contributed by atoms with Crippen molar-refractivity contribution in [1.82, 2.24) is 0 Å². The number of carbonyl (C=O) groups excluding carboxylic acids is 2. The predicted molar refractivity (Wildman–Crippen MR) is 89.6 cm³/mol. The molecule has 0 heterocycles. The van der Waals surface area contributed by atoms with Crippen molar-refractivity contribution >= 4 is 39.6 Å². The van der Waals surface area contributed by atoms with E-state index >= 15 is 0 Å². The normalized spacial score (nSPS) is 10.5. The Kier molecular flexibility index (Phi) is 5.49. The van der Waals surface area contributed by atoms with Gasteiger partial charge in [0.25, 0.3) is 0 Å². The van der Waals surface area contributed by atoms with Gasteiger partial charge in [-0.3, -0.25) is 4.79 Å². The maximum absolute atomic E-state index is 11.9. The SMILES string of the molecule is COC(=O)c1ccc(NC(=O)C=Cc2ccccc2Br)cc1. The summed E-state index contributed by atoms with van der Waals surface area (Å²) in [6.07, 6.45) is 3.18. The van der Waals surface area contributed by atoms with E-state index in [4.69, 9.17) is 0 Å². The molecule has 0 radical (unpaired) electrons. The van der Waals surface area contributed by atoms with Crippen molar-refractivity contribution in [2.24, 2.45) is 0 Å². The molecule has 22 heavy (non-hydrogen) atoms. The monoisotopic (exact) mass is 359 g/mol. The number of benzene rings is 2. The Bertz CT molecular complexity index is 708. The first-order chi connectivity index (χ1) is 10.6. The van der Waals surface area contributed by atoms with Crippen molar-refractivity contribution in [2.75, 3.05) is 12.4 Å². The third-order valence-electron chi connectivity index (χ3n) is 2.89. The van der Waals surface area contributed by atoms with E-state index in [1.807, 2.05) is 24.3 Å². The number of amides is 1. The number of carbonyl (C=O) groups is 2. The Hall–Kier alpha value is -2.40. The molecule has 2 aromatic rings. The van der Waals surface area contributed by atoms with Crippen molar-refractivity contribution in [3.05, 3.63) is 70.2 Å². The summed E-state index contributed by atoms with van der Waals surface area (Å²) >= 11 is 3.41. The molecule has 0 aliphatic heterocycles. The van der Waals surface area contributed by atoms with Crippen LogP contribution in [0.1, 0.15) is 15.9 Å². The van der Waals surface area contributed by atoms with Gasteiger partial charge in [0.05, 0.1) is 12.7 Å². The summed E-state index contributed by atoms with van der Waals surface area (Å²) < 4.78 is 5.53. The topological polar surface area (TPSA) is 55.4 Å². The second-order valence-corrected chi connectivity index (χ2v) is 5.27. The lowest BCUT2D eigenvalue weighted by Gasteiger charge is -2.04. The highest BCUT2D eigenvalue weighted by molar-refractivity contribution is 9.10. The summed E-state index contributed by atoms with van der Waals surface area (Å²) in [5.41, 5.74) is 1.96. The number of hydrogen-bond donors (Lipinski definition) is 1. The first-order valence-electron chi connectivity index (χ1n) is 6.52. The number of halogens is 1. The Labute approximate surface area is 136 Å². The Morgan fingerprint density at radius 3 is 2.41 bits per heavy atom. The maximum Gasteiger partial charge on any atom is 0.337 e. The lowest BCUT2D eigenvalue weighted by Crippen LogP contribution is -2.08. The Morgan fingerprint density at radius 2 is 1.77 bits per heavy atom. The zero-order chi connectivity index (χ0) is 15.9. The summed E-state index contributed by atoms with van der Waals surface area (Å²) in [7, 11) is 1.32. The van der Waals surface area contributed by atoms with Crippen molar-refractivity contribution < 1.29 is 14.3 Å². The average molecular weight is 360 g/mol. The lowest BCUT2D eigenvalue weighted by atomic mass is 10.2. The van der Waals surface area contributed by atoms with Crippen LogP contribution in [-0.4, -0.2) is 19.0 Å². The van der Waals surface area contributed by atoms with Crippen LogP contribution in [0.4, 0.5) is 5.69 Å². The van der Waals surface area contributed by atoms with E-state index in [0.717, 1.165) is 10.0 Å². The molecule has 0 bridgehead atoms. The molecule has 5 heteroatoms. The minimum absolute atomic E-state index is 0.249. The molecule has 0 saturated heterocycles. The molecular weight excluding hydrogens is 346 g/mol. The maximum atomic E-state index is 11.9. The fourth-order valence-corrected chi connectivity index (χ4v) is 2.18. The molecule has 2 aromatic carbocycles. The number of esters is 1. The van der Waals surface area contributed by atoms with E-state index in [0.29, 0.717) is 11.3 Å². The number of methoxy groups -OCH3 is 1. The van der Waals surface area contributed by atoms with E-state index in [9.17, 15) is 9.59 Å². The molecule has 1 N–H and O–H groups in total. The van der Waals surface area contributed by atoms with Gasteiger partial charge >= 0.3 is 5.97 Å². The van der Waals surface area contributed by atoms with Crippen LogP contribution in [0.5, 0.6) is 0 Å². The Balaban J connectivity index is 2.00. The number of ether oxygens (including phenoxy) is 1. The van der Waals surface area contributed by atoms with Gasteiger partial charge in [-0.1, -0.05) is 34.1 Å². The fourth-order valence-electron chi connectivity index (χ4n) is 1.77. The molecule has 0 spiro atoms. The van der Waals surface area contributed by atoms with Gasteiger partial charge < -0.3 is 10.1 Å². The van der Waals surface area contributed by atoms with Gasteiger partial charge in [-0.15, -0.1) is 0 Å². The number of hydrogen-bond acceptors (Lipinski definition) is 3. The standard InChI is InChI=1S/C17H14BrNO3/c1-22-17(21)13-6-9-14(10-7-13)19-16(20)11-8-12-4-2-3-5-15(12)18/h2-11H,1H3,(H,19,20). The molecule has 0 atom stereocenters. The van der Waals surface area contributed by atoms with Gasteiger partial charge in [0.15, 0.2) is 0 Å². The van der Waals surface area contributed by atoms with Crippen molar-refractivity contribution in [3.8, 4) is 0 Å². The van der Waals surface area contributed by atoms with Gasteiger partial charge in [-0.2, -0.15) is 0 Å². The molecule has 0 fully saturated rings. The zero-order valence-electron chi connectivity index (χ0n) is 11.9. The van der Waals surface area contributed by atoms with Crippen LogP contribution in [0, 0.1) is 0 Å². The van der Waals surface area contributed by atoms with Crippen LogP contribution < -0.4 is 5.32 Å². The summed E-state index contributed by atoms with van der Waals surface area (Å²) in [6, 6.07) is 14.1. The molecule has 0 saturated carbocycles. The molecule has 2 rings (SSSR count). The van der Waals surface area contributed by atoms with Crippen molar-refractivity contribution in [1.29, 1.82) is 0 Å². The summed E-state index contributed by atoms with van der Waals surface area (Å²) in [6.45, 7) is 0. The minimum Gasteiger partial charge on any atom is -0.465 e. The van der Waals surface area contributed by atoms with Crippen LogP contribution in [0.3, 0.4) is 0 Å². The lowest BCUT2D eigenvalue weighted by molar-refractivity contribution is -0.111. The largest absolute Gasteiger partial charge is 0.465 e. The van der Waals surface area contributed by atoms with E-state index in [-0.39, 0.29) is 5.91 Å². The molecule has 0 aliphatic carbocycles. The van der Waals surface area contributed by atoms with Crippen LogP contribution in [0.25, 0.3) is 6.08 Å². The van der Waals surface area contributed by atoms with Gasteiger partial charge in [0.1, 0.15) is 0 Å². The van der Waals surface area contributed by atoms with E-state index in [2.05, 4.69) is 26.0 Å². The number of rotatable bonds is 4. The van der Waals surface area contributed by atoms with Gasteiger partial charge in [-0.25, -0.2) is 4.79 Å². The molecule has 0 unspecified atom stereocenters. The third-order valence-corrected chi connectivity index (χ3v) is 3.62. The number of anilines is 1. The highest BCUT2D eigenvalue weighted by atomic mass is 79.9. The van der Waals surface area contributed by atoms with Crippen molar-refractivity contribution in [2.45, 2.75) is 0 Å². The first-order valence-corrected chi connectivity index (χ1v) is 7.31. The quantitative estimate of drug-likeness (QED) is 0.665. The third kappa shape index (κ3) is 4.30. The minimum atomic E-state index is -0.410. The molecule has 0 aromatic heterocycles. The Morgan fingerprint density at radius 1 is 1.09 bits per heavy atom. The highest BCUT2D eigenvalue weighted by Crippen LogP contribution is 2.17. The molecule has 0 aliphatic rings. The molecule has 1 amide bonds. The average Bonchev–Trinajstić information content (AvgIpc) is 2.54. The van der Waals surface area contributed by atoms with E-state index < -0.39 is 5.97 Å². The highest BCUT2D eigenvalue weighted by Gasteiger charge is 2.05. The second-order valence-electron chi connectivity index (χ2n) is 4.41. The predicted octanol–water partition coefficient (Wildman–Crippen LogP) is 3.89. The van der Waals surface area contributed by atoms with Crippen LogP contribution in [-0.2, 0) is 9.53 Å². The number of nitrogens with one attached hydrogen (secondary N) is 1. The first kappa shape index (κ1) is 16.0.